The highest BCUT2D eigenvalue weighted by molar-refractivity contribution is 9.12. The number of fused-ring (bicyclic) bond motifs is 3. The molecular weight excluding hydrogens is 478 g/mol. The van der Waals surface area contributed by atoms with Crippen LogP contribution in [-0.4, -0.2) is 47.2 Å². The molecule has 1 aliphatic carbocycles. The molecule has 0 bridgehead atoms. The second kappa shape index (κ2) is 6.14. The van der Waals surface area contributed by atoms with E-state index >= 15 is 0 Å². The van der Waals surface area contributed by atoms with E-state index in [1.807, 2.05) is 6.21 Å². The molecule has 5 rings (SSSR count). The van der Waals surface area contributed by atoms with Gasteiger partial charge in [-0.15, -0.1) is 0 Å². The zero-order valence-corrected chi connectivity index (χ0v) is 17.8. The number of phenolic OH excluding ortho intramolecular Hbond substituents is 1. The molecule has 0 radical (unpaired) electrons. The van der Waals surface area contributed by atoms with Gasteiger partial charge >= 0.3 is 0 Å². The first-order chi connectivity index (χ1) is 12.9. The number of alkyl halides is 1. The Kier molecular flexibility index (Phi) is 4.06. The zero-order chi connectivity index (χ0) is 18.9. The van der Waals surface area contributed by atoms with Crippen molar-refractivity contribution in [1.29, 1.82) is 0 Å². The number of phenols is 1. The van der Waals surface area contributed by atoms with Crippen molar-refractivity contribution in [3.8, 4) is 5.75 Å². The number of nitrogens with one attached hydrogen (secondary N) is 1. The van der Waals surface area contributed by atoms with Crippen LogP contribution in [0.15, 0.2) is 20.5 Å². The number of aromatic hydroxyl groups is 1. The number of anilines is 1. The standard InChI is InChI=1S/C19H19Br2N3O3/c1-27-11-6-19(4-9(20)17(25)10(21)5-19)13-14-12-8(2-3-22-14)7-23-15(12)18(26)16(13)24-11/h4,7,10-11,17,24-26H,2-3,5-6H2,1H3/t10-,11+,17+,19-/m0/s1. The Labute approximate surface area is 173 Å². The maximum Gasteiger partial charge on any atom is 0.165 e. The third-order valence-corrected chi connectivity index (χ3v) is 7.50. The maximum absolute atomic E-state index is 11.0. The quantitative estimate of drug-likeness (QED) is 0.410. The van der Waals surface area contributed by atoms with Crippen molar-refractivity contribution in [3.05, 3.63) is 26.7 Å². The van der Waals surface area contributed by atoms with E-state index in [-0.39, 0.29) is 16.8 Å². The molecule has 4 aliphatic rings. The minimum atomic E-state index is -0.600. The van der Waals surface area contributed by atoms with Crippen LogP contribution >= 0.6 is 31.9 Å². The predicted molar refractivity (Wildman–Crippen MR) is 111 cm³/mol. The van der Waals surface area contributed by atoms with Gasteiger partial charge in [0.2, 0.25) is 0 Å². The van der Waals surface area contributed by atoms with Crippen LogP contribution in [-0.2, 0) is 10.2 Å². The van der Waals surface area contributed by atoms with Crippen molar-refractivity contribution in [1.82, 2.24) is 0 Å². The van der Waals surface area contributed by atoms with Gasteiger partial charge in [0, 0.05) is 51.8 Å². The Morgan fingerprint density at radius 1 is 1.37 bits per heavy atom. The summed E-state index contributed by atoms with van der Waals surface area (Å²) in [5.74, 6) is 0.148. The van der Waals surface area contributed by atoms with Gasteiger partial charge in [-0.3, -0.25) is 9.98 Å². The lowest BCUT2D eigenvalue weighted by Crippen LogP contribution is -2.51. The molecule has 4 atom stereocenters. The summed E-state index contributed by atoms with van der Waals surface area (Å²) in [7, 11) is 1.65. The Morgan fingerprint density at radius 3 is 2.93 bits per heavy atom. The molecule has 1 aromatic carbocycles. The van der Waals surface area contributed by atoms with Crippen LogP contribution in [0, 0.1) is 0 Å². The fourth-order valence-corrected chi connectivity index (χ4v) is 6.73. The molecular formula is C19H19Br2N3O3. The van der Waals surface area contributed by atoms with E-state index < -0.39 is 11.5 Å². The molecule has 3 heterocycles. The SMILES string of the molecule is CO[C@@H]1C[C@@]2(C=C(Br)[C@@H](O)[C@@H](Br)C2)c2c(c(O)c3c4c2=NCCC=4C=N3)N1. The van der Waals surface area contributed by atoms with Gasteiger partial charge in [0.25, 0.3) is 0 Å². The normalized spacial score (nSPS) is 33.3. The van der Waals surface area contributed by atoms with Gasteiger partial charge in [-0.25, -0.2) is 0 Å². The molecule has 0 saturated carbocycles. The van der Waals surface area contributed by atoms with E-state index in [1.54, 1.807) is 7.11 Å². The minimum Gasteiger partial charge on any atom is -0.504 e. The van der Waals surface area contributed by atoms with E-state index in [0.29, 0.717) is 30.8 Å². The number of methoxy groups -OCH3 is 1. The number of benzene rings is 1. The first-order valence-electron chi connectivity index (χ1n) is 8.96. The summed E-state index contributed by atoms with van der Waals surface area (Å²) >= 11 is 7.19. The number of aliphatic hydroxyl groups excluding tert-OH is 1. The second-order valence-electron chi connectivity index (χ2n) is 7.51. The Balaban J connectivity index is 1.89. The predicted octanol–water partition coefficient (Wildman–Crippen LogP) is 2.11. The molecule has 6 nitrogen and oxygen atoms in total. The third kappa shape index (κ3) is 2.43. The van der Waals surface area contributed by atoms with Crippen molar-refractivity contribution in [2.24, 2.45) is 9.98 Å². The topological polar surface area (TPSA) is 86.4 Å². The molecule has 1 spiro atoms. The van der Waals surface area contributed by atoms with Gasteiger partial charge < -0.3 is 20.3 Å². The Morgan fingerprint density at radius 2 is 2.19 bits per heavy atom. The third-order valence-electron chi connectivity index (χ3n) is 5.98. The Bertz CT molecular complexity index is 1040. The van der Waals surface area contributed by atoms with Crippen LogP contribution in [0.3, 0.4) is 0 Å². The lowest BCUT2D eigenvalue weighted by Gasteiger charge is -2.45. The van der Waals surface area contributed by atoms with Crippen molar-refractivity contribution >= 4 is 55.0 Å². The maximum atomic E-state index is 11.0. The summed E-state index contributed by atoms with van der Waals surface area (Å²) in [6, 6.07) is 0. The van der Waals surface area contributed by atoms with Crippen LogP contribution < -0.4 is 15.9 Å². The van der Waals surface area contributed by atoms with E-state index in [1.165, 1.54) is 0 Å². The molecule has 27 heavy (non-hydrogen) atoms. The number of aliphatic imine (C=N–C) groups is 1. The van der Waals surface area contributed by atoms with Gasteiger partial charge in [-0.05, 0) is 18.4 Å². The minimum absolute atomic E-state index is 0.119. The number of rotatable bonds is 1. The number of halogens is 2. The van der Waals surface area contributed by atoms with Crippen LogP contribution in [0.25, 0.3) is 5.57 Å². The number of hydrogen-bond donors (Lipinski definition) is 3. The average Bonchev–Trinajstić information content (AvgIpc) is 3.09. The summed E-state index contributed by atoms with van der Waals surface area (Å²) in [4.78, 5) is 9.19. The van der Waals surface area contributed by atoms with Gasteiger partial charge in [0.05, 0.1) is 17.1 Å². The lowest BCUT2D eigenvalue weighted by atomic mass is 9.67. The number of aliphatic hydroxyl groups is 1. The number of hydrogen-bond acceptors (Lipinski definition) is 6. The molecule has 0 fully saturated rings. The highest BCUT2D eigenvalue weighted by Crippen LogP contribution is 2.51. The van der Waals surface area contributed by atoms with E-state index in [4.69, 9.17) is 9.73 Å². The first-order valence-corrected chi connectivity index (χ1v) is 10.7. The van der Waals surface area contributed by atoms with Crippen LogP contribution in [0.4, 0.5) is 11.4 Å². The van der Waals surface area contributed by atoms with Crippen LogP contribution in [0.5, 0.6) is 5.75 Å². The molecule has 3 aliphatic heterocycles. The molecule has 0 aromatic heterocycles. The number of nitrogens with zero attached hydrogens (tertiary/aromatic N) is 2. The molecule has 0 amide bonds. The van der Waals surface area contributed by atoms with Gasteiger partial charge in [-0.1, -0.05) is 37.9 Å². The van der Waals surface area contributed by atoms with Crippen molar-refractivity contribution in [2.45, 2.75) is 41.8 Å². The fourth-order valence-electron chi connectivity index (χ4n) is 4.75. The van der Waals surface area contributed by atoms with Crippen LogP contribution in [0.2, 0.25) is 0 Å². The Hall–Kier alpha value is -1.22. The summed E-state index contributed by atoms with van der Waals surface area (Å²) in [5.41, 5.74) is 2.91. The highest BCUT2D eigenvalue weighted by Gasteiger charge is 2.48. The van der Waals surface area contributed by atoms with Crippen molar-refractivity contribution in [2.75, 3.05) is 19.0 Å². The largest absolute Gasteiger partial charge is 0.504 e. The molecule has 3 N–H and O–H groups in total. The summed E-state index contributed by atoms with van der Waals surface area (Å²) in [5, 5.41) is 26.7. The zero-order valence-electron chi connectivity index (χ0n) is 14.7. The summed E-state index contributed by atoms with van der Waals surface area (Å²) in [6.45, 7) is 0.708. The van der Waals surface area contributed by atoms with Crippen molar-refractivity contribution < 1.29 is 14.9 Å². The molecule has 8 heteroatoms. The summed E-state index contributed by atoms with van der Waals surface area (Å²) in [6.07, 6.45) is 5.24. The first kappa shape index (κ1) is 17.8. The summed E-state index contributed by atoms with van der Waals surface area (Å²) < 4.78 is 6.37. The number of ether oxygens (including phenoxy) is 1. The fraction of sp³-hybridized carbons (Fsp3) is 0.474. The monoisotopic (exact) mass is 495 g/mol. The van der Waals surface area contributed by atoms with Gasteiger partial charge in [0.1, 0.15) is 11.9 Å². The lowest BCUT2D eigenvalue weighted by molar-refractivity contribution is 0.0877. The van der Waals surface area contributed by atoms with Gasteiger partial charge in [-0.2, -0.15) is 0 Å². The molecule has 0 unspecified atom stereocenters. The van der Waals surface area contributed by atoms with Crippen LogP contribution in [0.1, 0.15) is 24.8 Å². The molecule has 1 aromatic rings. The second-order valence-corrected chi connectivity index (χ2v) is 9.60. The number of allylic oxidation sites excluding steroid dienone is 1. The van der Waals surface area contributed by atoms with Gasteiger partial charge in [0.15, 0.2) is 5.75 Å². The van der Waals surface area contributed by atoms with E-state index in [0.717, 1.165) is 32.6 Å². The van der Waals surface area contributed by atoms with E-state index in [9.17, 15) is 10.2 Å². The van der Waals surface area contributed by atoms with E-state index in [2.05, 4.69) is 48.2 Å². The molecule has 0 saturated heterocycles. The smallest absolute Gasteiger partial charge is 0.165 e. The van der Waals surface area contributed by atoms with Crippen molar-refractivity contribution in [3.63, 3.8) is 0 Å². The highest BCUT2D eigenvalue weighted by atomic mass is 79.9. The average molecular weight is 497 g/mol. The molecule has 142 valence electrons.